The van der Waals surface area contributed by atoms with Crippen molar-refractivity contribution in [3.05, 3.63) is 35.6 Å². The molecule has 0 saturated carbocycles. The molecule has 1 atom stereocenters. The van der Waals surface area contributed by atoms with Crippen molar-refractivity contribution < 1.29 is 9.18 Å². The summed E-state index contributed by atoms with van der Waals surface area (Å²) < 4.78 is 13.5. The highest BCUT2D eigenvalue weighted by molar-refractivity contribution is 5.84. The van der Waals surface area contributed by atoms with Gasteiger partial charge in [0, 0.05) is 12.0 Å². The summed E-state index contributed by atoms with van der Waals surface area (Å²) in [4.78, 5) is 11.2. The molecule has 2 rings (SSSR count). The third-order valence-electron chi connectivity index (χ3n) is 2.69. The largest absolute Gasteiger partial charge is 0.300 e. The highest BCUT2D eigenvalue weighted by atomic mass is 19.1. The highest BCUT2D eigenvalue weighted by Crippen LogP contribution is 2.30. The van der Waals surface area contributed by atoms with Gasteiger partial charge in [0.25, 0.3) is 0 Å². The van der Waals surface area contributed by atoms with E-state index in [9.17, 15) is 9.18 Å². The van der Waals surface area contributed by atoms with E-state index >= 15 is 0 Å². The summed E-state index contributed by atoms with van der Waals surface area (Å²) in [6.45, 7) is 2.20. The van der Waals surface area contributed by atoms with Crippen LogP contribution in [-0.2, 0) is 10.3 Å². The van der Waals surface area contributed by atoms with Crippen LogP contribution in [0, 0.1) is 5.82 Å². The molecule has 1 fully saturated rings. The van der Waals surface area contributed by atoms with Crippen molar-refractivity contribution in [2.45, 2.75) is 18.9 Å². The number of carbonyl (C=O) groups excluding carboxylic acids is 1. The first-order valence-electron chi connectivity index (χ1n) is 4.63. The van der Waals surface area contributed by atoms with Gasteiger partial charge in [0.05, 0.1) is 12.1 Å². The lowest BCUT2D eigenvalue weighted by Crippen LogP contribution is -2.34. The van der Waals surface area contributed by atoms with Crippen LogP contribution in [0.1, 0.15) is 18.9 Å². The molecule has 1 saturated heterocycles. The smallest absolute Gasteiger partial charge is 0.148 e. The second kappa shape index (κ2) is 3.17. The van der Waals surface area contributed by atoms with Gasteiger partial charge < -0.3 is 5.32 Å². The predicted molar refractivity (Wildman–Crippen MR) is 51.4 cm³/mol. The van der Waals surface area contributed by atoms with E-state index in [1.54, 1.807) is 18.2 Å². The molecule has 2 nitrogen and oxygen atoms in total. The third kappa shape index (κ3) is 1.44. The number of halogens is 1. The van der Waals surface area contributed by atoms with Crippen molar-refractivity contribution in [3.63, 3.8) is 0 Å². The van der Waals surface area contributed by atoms with E-state index in [1.165, 1.54) is 6.07 Å². The Bertz CT molecular complexity index is 377. The third-order valence-corrected chi connectivity index (χ3v) is 2.69. The highest BCUT2D eigenvalue weighted by Gasteiger charge is 2.36. The molecule has 1 heterocycles. The maximum absolute atomic E-state index is 13.5. The molecule has 1 aromatic rings. The Labute approximate surface area is 82.1 Å². The number of hydrogen-bond acceptors (Lipinski definition) is 2. The Kier molecular flexibility index (Phi) is 2.11. The van der Waals surface area contributed by atoms with Crippen molar-refractivity contribution in [1.29, 1.82) is 0 Å². The SMILES string of the molecule is CC1(c2ccccc2F)CC(=O)CN1. The van der Waals surface area contributed by atoms with Gasteiger partial charge in [0.15, 0.2) is 0 Å². The van der Waals surface area contributed by atoms with Crippen molar-refractivity contribution in [1.82, 2.24) is 5.32 Å². The number of hydrogen-bond donors (Lipinski definition) is 1. The van der Waals surface area contributed by atoms with E-state index in [4.69, 9.17) is 0 Å². The fourth-order valence-corrected chi connectivity index (χ4v) is 1.91. The van der Waals surface area contributed by atoms with E-state index in [-0.39, 0.29) is 11.6 Å². The first kappa shape index (κ1) is 9.34. The number of ketones is 1. The van der Waals surface area contributed by atoms with E-state index in [2.05, 4.69) is 5.32 Å². The Morgan fingerprint density at radius 1 is 1.43 bits per heavy atom. The molecule has 0 radical (unpaired) electrons. The van der Waals surface area contributed by atoms with Crippen LogP contribution in [0.3, 0.4) is 0 Å². The second-order valence-corrected chi connectivity index (χ2v) is 3.88. The minimum absolute atomic E-state index is 0.135. The van der Waals surface area contributed by atoms with Crippen molar-refractivity contribution in [2.24, 2.45) is 0 Å². The topological polar surface area (TPSA) is 29.1 Å². The summed E-state index contributed by atoms with van der Waals surface area (Å²) in [5.41, 5.74) is 0.0495. The Balaban J connectivity index is 2.40. The number of nitrogens with one attached hydrogen (secondary N) is 1. The molecule has 1 aliphatic heterocycles. The molecule has 14 heavy (non-hydrogen) atoms. The van der Waals surface area contributed by atoms with Gasteiger partial charge in [0.2, 0.25) is 0 Å². The fraction of sp³-hybridized carbons (Fsp3) is 0.364. The fourth-order valence-electron chi connectivity index (χ4n) is 1.91. The van der Waals surface area contributed by atoms with Crippen molar-refractivity contribution in [3.8, 4) is 0 Å². The molecule has 1 aliphatic rings. The zero-order chi connectivity index (χ0) is 10.2. The number of benzene rings is 1. The molecule has 3 heteroatoms. The molecule has 0 spiro atoms. The average Bonchev–Trinajstić information content (AvgIpc) is 2.48. The van der Waals surface area contributed by atoms with Crippen molar-refractivity contribution >= 4 is 5.78 Å². The lowest BCUT2D eigenvalue weighted by atomic mass is 9.90. The maximum atomic E-state index is 13.5. The first-order chi connectivity index (χ1) is 6.62. The first-order valence-corrected chi connectivity index (χ1v) is 4.63. The molecule has 1 unspecified atom stereocenters. The minimum Gasteiger partial charge on any atom is -0.300 e. The van der Waals surface area contributed by atoms with Crippen molar-refractivity contribution in [2.75, 3.05) is 6.54 Å². The van der Waals surface area contributed by atoms with E-state index < -0.39 is 5.54 Å². The quantitative estimate of drug-likeness (QED) is 0.734. The molecule has 0 aliphatic carbocycles. The summed E-state index contributed by atoms with van der Waals surface area (Å²) in [6, 6.07) is 6.58. The average molecular weight is 193 g/mol. The summed E-state index contributed by atoms with van der Waals surface area (Å²) >= 11 is 0. The van der Waals surface area contributed by atoms with Gasteiger partial charge in [-0.25, -0.2) is 4.39 Å². The van der Waals surface area contributed by atoms with Crippen LogP contribution in [0.15, 0.2) is 24.3 Å². The number of Topliss-reactive ketones (excluding diaryl/α,β-unsaturated/α-hetero) is 1. The van der Waals surface area contributed by atoms with Crippen LogP contribution < -0.4 is 5.32 Å². The molecular formula is C11H12FNO. The normalized spacial score (nSPS) is 26.9. The summed E-state index contributed by atoms with van der Waals surface area (Å²) in [5.74, 6) is -0.118. The van der Waals surface area contributed by atoms with Gasteiger partial charge in [0.1, 0.15) is 11.6 Å². The van der Waals surface area contributed by atoms with Crippen LogP contribution >= 0.6 is 0 Å². The lowest BCUT2D eigenvalue weighted by molar-refractivity contribution is -0.116. The van der Waals surface area contributed by atoms with Gasteiger partial charge >= 0.3 is 0 Å². The Hall–Kier alpha value is -1.22. The van der Waals surface area contributed by atoms with E-state index in [0.29, 0.717) is 18.5 Å². The second-order valence-electron chi connectivity index (χ2n) is 3.88. The van der Waals surface area contributed by atoms with Gasteiger partial charge in [-0.15, -0.1) is 0 Å². The zero-order valence-corrected chi connectivity index (χ0v) is 8.01. The van der Waals surface area contributed by atoms with Crippen LogP contribution in [0.4, 0.5) is 4.39 Å². The Morgan fingerprint density at radius 2 is 2.14 bits per heavy atom. The van der Waals surface area contributed by atoms with E-state index in [1.807, 2.05) is 6.92 Å². The molecular weight excluding hydrogens is 181 g/mol. The molecule has 1 N–H and O–H groups in total. The molecule has 0 bridgehead atoms. The van der Waals surface area contributed by atoms with E-state index in [0.717, 1.165) is 0 Å². The summed E-state index contributed by atoms with van der Waals surface area (Å²) in [5, 5.41) is 3.05. The van der Waals surface area contributed by atoms with Crippen LogP contribution in [-0.4, -0.2) is 12.3 Å². The zero-order valence-electron chi connectivity index (χ0n) is 8.01. The monoisotopic (exact) mass is 193 g/mol. The molecule has 1 aromatic carbocycles. The van der Waals surface area contributed by atoms with Gasteiger partial charge in [-0.05, 0) is 13.0 Å². The summed E-state index contributed by atoms with van der Waals surface area (Å²) in [7, 11) is 0. The van der Waals surface area contributed by atoms with Gasteiger partial charge in [-0.3, -0.25) is 4.79 Å². The summed E-state index contributed by atoms with van der Waals surface area (Å²) in [6.07, 6.45) is 0.369. The minimum atomic E-state index is -0.525. The molecule has 0 amide bonds. The molecule has 74 valence electrons. The lowest BCUT2D eigenvalue weighted by Gasteiger charge is -2.24. The van der Waals surface area contributed by atoms with Gasteiger partial charge in [-0.1, -0.05) is 18.2 Å². The van der Waals surface area contributed by atoms with Gasteiger partial charge in [-0.2, -0.15) is 0 Å². The van der Waals surface area contributed by atoms with Crippen LogP contribution in [0.2, 0.25) is 0 Å². The standard InChI is InChI=1S/C11H12FNO/c1-11(6-8(14)7-13-11)9-4-2-3-5-10(9)12/h2-5,13H,6-7H2,1H3. The van der Waals surface area contributed by atoms with Crippen LogP contribution in [0.5, 0.6) is 0 Å². The molecule has 0 aromatic heterocycles. The van der Waals surface area contributed by atoms with Crippen LogP contribution in [0.25, 0.3) is 0 Å². The maximum Gasteiger partial charge on any atom is 0.148 e. The number of carbonyl (C=O) groups is 1. The predicted octanol–water partition coefficient (Wildman–Crippen LogP) is 1.60. The Morgan fingerprint density at radius 3 is 2.71 bits per heavy atom. The number of rotatable bonds is 1.